The molecule has 0 spiro atoms. The minimum atomic E-state index is -0.155. The third kappa shape index (κ3) is 2.14. The summed E-state index contributed by atoms with van der Waals surface area (Å²) in [5.74, 6) is -0.155. The highest BCUT2D eigenvalue weighted by atomic mass is 79.9. The van der Waals surface area contributed by atoms with E-state index in [0.717, 1.165) is 10.2 Å². The van der Waals surface area contributed by atoms with E-state index in [4.69, 9.17) is 12.2 Å². The number of halogens is 1. The third-order valence-electron chi connectivity index (χ3n) is 1.85. The molecule has 0 unspecified atom stereocenters. The van der Waals surface area contributed by atoms with E-state index in [-0.39, 0.29) is 5.91 Å². The van der Waals surface area contributed by atoms with Crippen LogP contribution in [0.1, 0.15) is 5.69 Å². The smallest absolute Gasteiger partial charge is 0.263 e. The van der Waals surface area contributed by atoms with Gasteiger partial charge in [-0.15, -0.1) is 0 Å². The van der Waals surface area contributed by atoms with Gasteiger partial charge in [-0.2, -0.15) is 5.10 Å². The summed E-state index contributed by atoms with van der Waals surface area (Å²) in [5, 5.41) is 6.61. The van der Waals surface area contributed by atoms with Crippen molar-refractivity contribution in [3.8, 4) is 0 Å². The molecular formula is C8H6BrN3OS2. The van der Waals surface area contributed by atoms with Crippen molar-refractivity contribution in [2.24, 2.45) is 7.05 Å². The number of aromatic nitrogens is 2. The van der Waals surface area contributed by atoms with Gasteiger partial charge in [-0.05, 0) is 22.0 Å². The third-order valence-corrected chi connectivity index (χ3v) is 3.62. The number of carbonyl (C=O) groups excluding carboxylic acids is 1. The van der Waals surface area contributed by atoms with Crippen molar-refractivity contribution in [2.45, 2.75) is 0 Å². The highest BCUT2D eigenvalue weighted by Crippen LogP contribution is 2.27. The van der Waals surface area contributed by atoms with Gasteiger partial charge < -0.3 is 5.32 Å². The number of carbonyl (C=O) groups is 1. The number of aryl methyl sites for hydroxylation is 1. The second-order valence-electron chi connectivity index (χ2n) is 2.85. The molecule has 1 aliphatic rings. The van der Waals surface area contributed by atoms with Gasteiger partial charge in [-0.25, -0.2) is 0 Å². The Morgan fingerprint density at radius 3 is 2.93 bits per heavy atom. The lowest BCUT2D eigenvalue weighted by Crippen LogP contribution is -2.17. The molecule has 4 nitrogen and oxygen atoms in total. The van der Waals surface area contributed by atoms with E-state index in [1.54, 1.807) is 17.0 Å². The molecule has 78 valence electrons. The average Bonchev–Trinajstić information content (AvgIpc) is 2.63. The molecule has 7 heteroatoms. The zero-order chi connectivity index (χ0) is 11.0. The van der Waals surface area contributed by atoms with Gasteiger partial charge in [0.1, 0.15) is 4.32 Å². The van der Waals surface area contributed by atoms with Crippen molar-refractivity contribution in [3.05, 3.63) is 21.3 Å². The highest BCUT2D eigenvalue weighted by Gasteiger charge is 2.22. The standard InChI is InChI=1S/C8H6BrN3OS2/c1-12-5(4(9)3-10-12)2-6-7(13)11-8(14)15-6/h2-3H,1H3,(H,11,13,14)/b6-2+. The predicted octanol–water partition coefficient (Wildman–Crippen LogP) is 1.67. The van der Waals surface area contributed by atoms with Gasteiger partial charge in [-0.1, -0.05) is 24.0 Å². The summed E-state index contributed by atoms with van der Waals surface area (Å²) < 4.78 is 3.03. The molecule has 0 aliphatic carbocycles. The molecule has 2 heterocycles. The zero-order valence-corrected chi connectivity index (χ0v) is 10.9. The molecule has 1 amide bonds. The van der Waals surface area contributed by atoms with Crippen LogP contribution in [-0.2, 0) is 11.8 Å². The molecule has 1 aliphatic heterocycles. The first kappa shape index (κ1) is 10.8. The van der Waals surface area contributed by atoms with Crippen molar-refractivity contribution in [1.29, 1.82) is 0 Å². The van der Waals surface area contributed by atoms with Crippen LogP contribution in [0.25, 0.3) is 6.08 Å². The van der Waals surface area contributed by atoms with Gasteiger partial charge in [0.2, 0.25) is 0 Å². The minimum absolute atomic E-state index is 0.155. The molecule has 0 aromatic carbocycles. The molecule has 15 heavy (non-hydrogen) atoms. The summed E-state index contributed by atoms with van der Waals surface area (Å²) in [6.07, 6.45) is 3.44. The maximum atomic E-state index is 11.4. The number of thioether (sulfide) groups is 1. The Kier molecular flexibility index (Phi) is 2.94. The number of nitrogens with zero attached hydrogens (tertiary/aromatic N) is 2. The van der Waals surface area contributed by atoms with Crippen LogP contribution >= 0.6 is 39.9 Å². The van der Waals surface area contributed by atoms with E-state index >= 15 is 0 Å². The van der Waals surface area contributed by atoms with Crippen molar-refractivity contribution < 1.29 is 4.79 Å². The van der Waals surface area contributed by atoms with Crippen LogP contribution in [0.5, 0.6) is 0 Å². The second-order valence-corrected chi connectivity index (χ2v) is 5.43. The van der Waals surface area contributed by atoms with Crippen LogP contribution in [0.2, 0.25) is 0 Å². The first-order valence-corrected chi connectivity index (χ1v) is 6.02. The highest BCUT2D eigenvalue weighted by molar-refractivity contribution is 9.10. The van der Waals surface area contributed by atoms with Gasteiger partial charge in [0.25, 0.3) is 5.91 Å². The molecule has 0 bridgehead atoms. The molecule has 1 aromatic rings. The van der Waals surface area contributed by atoms with E-state index in [1.165, 1.54) is 11.8 Å². The van der Waals surface area contributed by atoms with Crippen molar-refractivity contribution in [3.63, 3.8) is 0 Å². The lowest BCUT2D eigenvalue weighted by molar-refractivity contribution is -0.115. The van der Waals surface area contributed by atoms with Crippen molar-refractivity contribution >= 4 is 56.2 Å². The fraction of sp³-hybridized carbons (Fsp3) is 0.125. The molecule has 1 fully saturated rings. The van der Waals surface area contributed by atoms with Crippen LogP contribution in [0.15, 0.2) is 15.6 Å². The van der Waals surface area contributed by atoms with E-state index in [0.29, 0.717) is 9.23 Å². The zero-order valence-electron chi connectivity index (χ0n) is 7.65. The predicted molar refractivity (Wildman–Crippen MR) is 67.2 cm³/mol. The minimum Gasteiger partial charge on any atom is -0.307 e. The Morgan fingerprint density at radius 2 is 2.47 bits per heavy atom. The average molecular weight is 304 g/mol. The largest absolute Gasteiger partial charge is 0.307 e. The van der Waals surface area contributed by atoms with Crippen LogP contribution in [0.4, 0.5) is 0 Å². The number of thiocarbonyl (C=S) groups is 1. The summed E-state index contributed by atoms with van der Waals surface area (Å²) in [4.78, 5) is 12.0. The van der Waals surface area contributed by atoms with E-state index < -0.39 is 0 Å². The van der Waals surface area contributed by atoms with Crippen LogP contribution in [0, 0.1) is 0 Å². The fourth-order valence-corrected chi connectivity index (χ4v) is 2.61. The Morgan fingerprint density at radius 1 is 1.73 bits per heavy atom. The number of hydrogen-bond acceptors (Lipinski definition) is 4. The topological polar surface area (TPSA) is 46.9 Å². The summed E-state index contributed by atoms with van der Waals surface area (Å²) in [5.41, 5.74) is 0.845. The number of amides is 1. The molecule has 0 radical (unpaired) electrons. The fourth-order valence-electron chi connectivity index (χ4n) is 1.13. The second kappa shape index (κ2) is 4.07. The summed E-state index contributed by atoms with van der Waals surface area (Å²) in [6, 6.07) is 0. The van der Waals surface area contributed by atoms with Crippen LogP contribution < -0.4 is 5.32 Å². The number of rotatable bonds is 1. The SMILES string of the molecule is Cn1ncc(Br)c1/C=C1/SC(=S)NC1=O. The van der Waals surface area contributed by atoms with E-state index in [1.807, 2.05) is 7.05 Å². The lowest BCUT2D eigenvalue weighted by Gasteiger charge is -1.96. The maximum Gasteiger partial charge on any atom is 0.263 e. The molecule has 1 aromatic heterocycles. The van der Waals surface area contributed by atoms with Gasteiger partial charge in [0.15, 0.2) is 0 Å². The van der Waals surface area contributed by atoms with E-state index in [2.05, 4.69) is 26.3 Å². The van der Waals surface area contributed by atoms with Gasteiger partial charge in [-0.3, -0.25) is 9.48 Å². The molecular weight excluding hydrogens is 298 g/mol. The van der Waals surface area contributed by atoms with Crippen LogP contribution in [0.3, 0.4) is 0 Å². The van der Waals surface area contributed by atoms with Crippen molar-refractivity contribution in [2.75, 3.05) is 0 Å². The van der Waals surface area contributed by atoms with Gasteiger partial charge >= 0.3 is 0 Å². The molecule has 1 N–H and O–H groups in total. The molecule has 0 atom stereocenters. The Hall–Kier alpha value is -0.660. The Balaban J connectivity index is 2.39. The first-order valence-electron chi connectivity index (χ1n) is 4.00. The number of nitrogens with one attached hydrogen (secondary N) is 1. The van der Waals surface area contributed by atoms with E-state index in [9.17, 15) is 4.79 Å². The quantitative estimate of drug-likeness (QED) is 0.633. The monoisotopic (exact) mass is 303 g/mol. The summed E-state index contributed by atoms with van der Waals surface area (Å²) >= 11 is 9.51. The molecule has 1 saturated heterocycles. The Bertz CT molecular complexity index is 461. The first-order chi connectivity index (χ1) is 7.08. The summed E-state index contributed by atoms with van der Waals surface area (Å²) in [6.45, 7) is 0. The molecule has 2 rings (SSSR count). The van der Waals surface area contributed by atoms with Gasteiger partial charge in [0.05, 0.1) is 21.3 Å². The normalized spacial score (nSPS) is 18.7. The van der Waals surface area contributed by atoms with Crippen molar-refractivity contribution in [1.82, 2.24) is 15.1 Å². The van der Waals surface area contributed by atoms with Gasteiger partial charge in [0, 0.05) is 7.05 Å². The number of hydrogen-bond donors (Lipinski definition) is 1. The summed E-state index contributed by atoms with van der Waals surface area (Å²) in [7, 11) is 1.81. The Labute approximate surface area is 104 Å². The maximum absolute atomic E-state index is 11.4. The van der Waals surface area contributed by atoms with Crippen LogP contribution in [-0.4, -0.2) is 20.0 Å². The molecule has 0 saturated carbocycles. The lowest BCUT2D eigenvalue weighted by atomic mass is 10.3.